The van der Waals surface area contributed by atoms with Gasteiger partial charge in [-0.1, -0.05) is 6.92 Å². The van der Waals surface area contributed by atoms with E-state index in [1.54, 1.807) is 0 Å². The molecule has 0 spiro atoms. The molecule has 0 saturated carbocycles. The number of hydrogen-bond acceptors (Lipinski definition) is 4. The second-order valence-electron chi connectivity index (χ2n) is 4.93. The lowest BCUT2D eigenvalue weighted by Crippen LogP contribution is -2.53. The van der Waals surface area contributed by atoms with Gasteiger partial charge in [-0.05, 0) is 41.5 Å². The molecule has 0 amide bonds. The SMILES string of the molecule is CCC1CN(C(CN)c2ccc(Br)o2)CCN1C. The Morgan fingerprint density at radius 3 is 2.83 bits per heavy atom. The van der Waals surface area contributed by atoms with Crippen LogP contribution in [0.4, 0.5) is 0 Å². The van der Waals surface area contributed by atoms with Crippen molar-refractivity contribution in [1.82, 2.24) is 9.80 Å². The number of likely N-dealkylation sites (N-methyl/N-ethyl adjacent to an activating group) is 1. The normalized spacial score (nSPS) is 24.3. The van der Waals surface area contributed by atoms with Crippen LogP contribution < -0.4 is 5.73 Å². The van der Waals surface area contributed by atoms with Crippen molar-refractivity contribution in [3.63, 3.8) is 0 Å². The summed E-state index contributed by atoms with van der Waals surface area (Å²) in [6.07, 6.45) is 1.17. The smallest absolute Gasteiger partial charge is 0.169 e. The number of rotatable bonds is 4. The number of piperazine rings is 1. The van der Waals surface area contributed by atoms with Gasteiger partial charge in [-0.3, -0.25) is 4.90 Å². The van der Waals surface area contributed by atoms with Crippen molar-refractivity contribution in [3.8, 4) is 0 Å². The Bertz CT molecular complexity index is 382. The van der Waals surface area contributed by atoms with Gasteiger partial charge in [-0.15, -0.1) is 0 Å². The summed E-state index contributed by atoms with van der Waals surface area (Å²) < 4.78 is 6.44. The topological polar surface area (TPSA) is 45.6 Å². The van der Waals surface area contributed by atoms with E-state index >= 15 is 0 Å². The summed E-state index contributed by atoms with van der Waals surface area (Å²) in [7, 11) is 2.20. The summed E-state index contributed by atoms with van der Waals surface area (Å²) in [4.78, 5) is 4.88. The largest absolute Gasteiger partial charge is 0.453 e. The highest BCUT2D eigenvalue weighted by Gasteiger charge is 2.29. The molecule has 1 aromatic rings. The van der Waals surface area contributed by atoms with Gasteiger partial charge in [0.1, 0.15) is 5.76 Å². The lowest BCUT2D eigenvalue weighted by Gasteiger charge is -2.42. The van der Waals surface area contributed by atoms with Crippen molar-refractivity contribution >= 4 is 15.9 Å². The van der Waals surface area contributed by atoms with Crippen LogP contribution in [0.2, 0.25) is 0 Å². The van der Waals surface area contributed by atoms with E-state index in [0.717, 1.165) is 30.1 Å². The van der Waals surface area contributed by atoms with Crippen LogP contribution >= 0.6 is 15.9 Å². The molecular weight excluding hydrogens is 294 g/mol. The molecule has 0 bridgehead atoms. The third-order valence-corrected chi connectivity index (χ3v) is 4.29. The van der Waals surface area contributed by atoms with Crippen LogP contribution in [0.5, 0.6) is 0 Å². The number of nitrogens with zero attached hydrogens (tertiary/aromatic N) is 2. The Morgan fingerprint density at radius 2 is 2.28 bits per heavy atom. The first kappa shape index (κ1) is 14.1. The van der Waals surface area contributed by atoms with Crippen molar-refractivity contribution in [2.45, 2.75) is 25.4 Å². The molecule has 1 fully saturated rings. The standard InChI is InChI=1S/C13H22BrN3O/c1-3-10-9-17(7-6-16(10)2)11(8-15)12-4-5-13(14)18-12/h4-5,10-11H,3,6-9,15H2,1-2H3. The zero-order chi connectivity index (χ0) is 13.1. The monoisotopic (exact) mass is 315 g/mol. The molecule has 2 unspecified atom stereocenters. The molecule has 5 heteroatoms. The van der Waals surface area contributed by atoms with Gasteiger partial charge in [0, 0.05) is 32.2 Å². The van der Waals surface area contributed by atoms with E-state index in [4.69, 9.17) is 10.2 Å². The summed E-state index contributed by atoms with van der Waals surface area (Å²) in [6.45, 7) is 6.04. The average Bonchev–Trinajstić information content (AvgIpc) is 2.79. The summed E-state index contributed by atoms with van der Waals surface area (Å²) in [5.74, 6) is 0.962. The van der Waals surface area contributed by atoms with Crippen LogP contribution in [0.15, 0.2) is 21.2 Å². The molecule has 0 aromatic carbocycles. The van der Waals surface area contributed by atoms with Crippen LogP contribution in [0.25, 0.3) is 0 Å². The first-order valence-corrected chi connectivity index (χ1v) is 7.34. The molecule has 1 saturated heterocycles. The molecule has 2 N–H and O–H groups in total. The molecule has 2 heterocycles. The Morgan fingerprint density at radius 1 is 1.50 bits per heavy atom. The fourth-order valence-corrected chi connectivity index (χ4v) is 2.97. The highest BCUT2D eigenvalue weighted by atomic mass is 79.9. The van der Waals surface area contributed by atoms with Crippen molar-refractivity contribution in [1.29, 1.82) is 0 Å². The van der Waals surface area contributed by atoms with Crippen LogP contribution in [-0.4, -0.2) is 49.1 Å². The van der Waals surface area contributed by atoms with E-state index in [9.17, 15) is 0 Å². The predicted octanol–water partition coefficient (Wildman–Crippen LogP) is 2.07. The molecular formula is C13H22BrN3O. The first-order valence-electron chi connectivity index (χ1n) is 6.55. The van der Waals surface area contributed by atoms with Gasteiger partial charge in [-0.25, -0.2) is 0 Å². The molecule has 0 radical (unpaired) electrons. The Hall–Kier alpha value is -0.360. The zero-order valence-corrected chi connectivity index (χ0v) is 12.7. The van der Waals surface area contributed by atoms with Crippen LogP contribution in [0, 0.1) is 0 Å². The van der Waals surface area contributed by atoms with Crippen LogP contribution in [-0.2, 0) is 0 Å². The highest BCUT2D eigenvalue weighted by Crippen LogP contribution is 2.26. The number of hydrogen-bond donors (Lipinski definition) is 1. The number of halogens is 1. The summed E-state index contributed by atoms with van der Waals surface area (Å²) >= 11 is 3.35. The third kappa shape index (κ3) is 2.96. The molecule has 0 aliphatic carbocycles. The van der Waals surface area contributed by atoms with Gasteiger partial charge in [-0.2, -0.15) is 0 Å². The van der Waals surface area contributed by atoms with Crippen LogP contribution in [0.3, 0.4) is 0 Å². The van der Waals surface area contributed by atoms with Crippen LogP contribution in [0.1, 0.15) is 25.1 Å². The van der Waals surface area contributed by atoms with E-state index < -0.39 is 0 Å². The second kappa shape index (κ2) is 6.19. The van der Waals surface area contributed by atoms with E-state index in [0.29, 0.717) is 12.6 Å². The molecule has 102 valence electrons. The summed E-state index contributed by atoms with van der Waals surface area (Å²) in [5.41, 5.74) is 5.94. The molecule has 1 aliphatic rings. The average molecular weight is 316 g/mol. The minimum Gasteiger partial charge on any atom is -0.453 e. The van der Waals surface area contributed by atoms with Gasteiger partial charge in [0.15, 0.2) is 4.67 Å². The van der Waals surface area contributed by atoms with Gasteiger partial charge >= 0.3 is 0 Å². The third-order valence-electron chi connectivity index (χ3n) is 3.87. The molecule has 18 heavy (non-hydrogen) atoms. The Balaban J connectivity index is 2.09. The van der Waals surface area contributed by atoms with Gasteiger partial charge in [0.2, 0.25) is 0 Å². The maximum Gasteiger partial charge on any atom is 0.169 e. The Kier molecular flexibility index (Phi) is 4.84. The van der Waals surface area contributed by atoms with Gasteiger partial charge in [0.25, 0.3) is 0 Å². The second-order valence-corrected chi connectivity index (χ2v) is 5.71. The van der Waals surface area contributed by atoms with Gasteiger partial charge in [0.05, 0.1) is 6.04 Å². The number of nitrogens with two attached hydrogens (primary N) is 1. The molecule has 2 atom stereocenters. The van der Waals surface area contributed by atoms with E-state index in [2.05, 4.69) is 39.7 Å². The first-order chi connectivity index (χ1) is 8.65. The minimum absolute atomic E-state index is 0.194. The summed E-state index contributed by atoms with van der Waals surface area (Å²) in [6, 6.07) is 4.76. The number of furan rings is 1. The molecule has 1 aliphatic heterocycles. The quantitative estimate of drug-likeness (QED) is 0.924. The predicted molar refractivity (Wildman–Crippen MR) is 76.5 cm³/mol. The van der Waals surface area contributed by atoms with Crippen molar-refractivity contribution in [2.24, 2.45) is 5.73 Å². The van der Waals surface area contributed by atoms with E-state index in [-0.39, 0.29) is 6.04 Å². The highest BCUT2D eigenvalue weighted by molar-refractivity contribution is 9.10. The summed E-state index contributed by atoms with van der Waals surface area (Å²) in [5, 5.41) is 0. The lowest BCUT2D eigenvalue weighted by atomic mass is 10.1. The zero-order valence-electron chi connectivity index (χ0n) is 11.1. The maximum atomic E-state index is 5.94. The van der Waals surface area contributed by atoms with Gasteiger partial charge < -0.3 is 15.1 Å². The lowest BCUT2D eigenvalue weighted by molar-refractivity contribution is 0.0571. The Labute approximate surface area is 117 Å². The van der Waals surface area contributed by atoms with E-state index in [1.807, 2.05) is 12.1 Å². The van der Waals surface area contributed by atoms with Crippen molar-refractivity contribution in [3.05, 3.63) is 22.6 Å². The van der Waals surface area contributed by atoms with Crippen molar-refractivity contribution < 1.29 is 4.42 Å². The maximum absolute atomic E-state index is 5.94. The van der Waals surface area contributed by atoms with E-state index in [1.165, 1.54) is 6.42 Å². The fraction of sp³-hybridized carbons (Fsp3) is 0.692. The molecule has 2 rings (SSSR count). The fourth-order valence-electron chi connectivity index (χ4n) is 2.65. The van der Waals surface area contributed by atoms with Crippen molar-refractivity contribution in [2.75, 3.05) is 33.2 Å². The molecule has 1 aromatic heterocycles. The minimum atomic E-state index is 0.194. The molecule has 4 nitrogen and oxygen atoms in total.